The Bertz CT molecular complexity index is 3260. The molecule has 12 rings (SSSR count). The van der Waals surface area contributed by atoms with Crippen LogP contribution in [0.15, 0.2) is 101 Å². The summed E-state index contributed by atoms with van der Waals surface area (Å²) in [5.74, 6) is 1.84. The molecule has 13 N–H and O–H groups in total. The number of benzene rings is 2. The molecule has 0 amide bonds. The van der Waals surface area contributed by atoms with Gasteiger partial charge < -0.3 is 66.9 Å². The van der Waals surface area contributed by atoms with Crippen LogP contribution in [0.25, 0.3) is 0 Å². The highest BCUT2D eigenvalue weighted by Crippen LogP contribution is 2.73. The minimum Gasteiger partial charge on any atom is -0.508 e. The molecule has 2 aromatic carbocycles. The minimum absolute atomic E-state index is 0.0139. The van der Waals surface area contributed by atoms with Gasteiger partial charge in [0.1, 0.15) is 11.8 Å². The van der Waals surface area contributed by atoms with Crippen LogP contribution in [0, 0.1) is 93.7 Å². The third-order valence-corrected chi connectivity index (χ3v) is 26.6. The Balaban J connectivity index is 1.02. The van der Waals surface area contributed by atoms with Gasteiger partial charge in [0.15, 0.2) is 17.5 Å². The van der Waals surface area contributed by atoms with E-state index in [0.717, 1.165) is 36.0 Å². The number of hydrogen-bond acceptors (Lipinski definition) is 16. The summed E-state index contributed by atoms with van der Waals surface area (Å²) >= 11 is 0. The first-order chi connectivity index (χ1) is 43.2. The molecule has 0 spiro atoms. The molecule has 2 bridgehead atoms. The number of carbonyl (C=O) groups excluding carboxylic acids is 3. The van der Waals surface area contributed by atoms with Gasteiger partial charge >= 0.3 is 5.97 Å². The van der Waals surface area contributed by atoms with Gasteiger partial charge in [-0.25, -0.2) is 4.99 Å². The predicted molar refractivity (Wildman–Crippen MR) is 346 cm³/mol. The number of rotatable bonds is 10. The number of hydrogen-bond donors (Lipinski definition) is 12. The molecule has 17 nitrogen and oxygen atoms in total. The van der Waals surface area contributed by atoms with E-state index in [-0.39, 0.29) is 135 Å². The van der Waals surface area contributed by atoms with Gasteiger partial charge in [-0.15, -0.1) is 5.92 Å². The van der Waals surface area contributed by atoms with Gasteiger partial charge in [0.2, 0.25) is 0 Å². The Kier molecular flexibility index (Phi) is 19.0. The number of esters is 1. The standard InChI is InChI=1S/C71H93N5O12S2/c1-39-12-13-42-16-19-49-46(34-77)29-58(82)69(3,86)65-44(11-7-10-43(27-51(49)50(42)26-39)52-36-88-66(85)59(52)45-21-24-73-33-45)30-71(87)61-54(20-22-70(65,71)23-25-74-67(72)75-32-40-8-5-4-6-9-40)68(2)31-57(81)63(83)53-38-90-89-37-47(41-14-17-48(79)18-15-41)28-56(80)55(35-78)76-62(61)64(84)60(53)68/h4-6,8-9,14-18,21,24,33,39,43-44,46-47,49-55,57-60,63,65,73,76-79,81-83,86-87H,11-13,19-20,22-23,25-32,34-38H2,1-3H3,(H3,72,74,75). The fourth-order valence-electron chi connectivity index (χ4n) is 19.7. The average Bonchev–Trinajstić information content (AvgIpc) is 1.33. The van der Waals surface area contributed by atoms with Crippen molar-refractivity contribution in [3.05, 3.63) is 113 Å². The first-order valence-corrected chi connectivity index (χ1v) is 35.6. The molecule has 22 unspecified atom stereocenters. The lowest BCUT2D eigenvalue weighted by Gasteiger charge is -2.63. The maximum Gasteiger partial charge on any atom is 0.313 e. The molecule has 4 saturated carbocycles. The smallest absolute Gasteiger partial charge is 0.313 e. The van der Waals surface area contributed by atoms with Crippen LogP contribution in [-0.2, 0) is 25.7 Å². The van der Waals surface area contributed by atoms with E-state index < -0.39 is 100 Å². The number of cyclic esters (lactones) is 1. The zero-order valence-electron chi connectivity index (χ0n) is 52.1. The lowest BCUT2D eigenvalue weighted by molar-refractivity contribution is -0.194. The van der Waals surface area contributed by atoms with Crippen LogP contribution in [-0.4, -0.2) is 143 Å². The van der Waals surface area contributed by atoms with Crippen molar-refractivity contribution in [3.63, 3.8) is 0 Å². The number of guanidine groups is 1. The van der Waals surface area contributed by atoms with E-state index in [4.69, 9.17) is 10.5 Å². The molecule has 2 saturated heterocycles. The van der Waals surface area contributed by atoms with Crippen molar-refractivity contribution >= 4 is 45.1 Å². The highest BCUT2D eigenvalue weighted by molar-refractivity contribution is 8.76. The Hall–Kier alpha value is -5.14. The number of H-pyrrole nitrogens is 1. The zero-order valence-corrected chi connectivity index (χ0v) is 53.7. The number of aliphatic hydroxyl groups is 7. The Labute approximate surface area is 536 Å². The number of nitrogens with two attached hydrogens (primary N) is 1. The molecule has 22 atom stereocenters. The van der Waals surface area contributed by atoms with Crippen molar-refractivity contribution in [2.45, 2.75) is 158 Å². The number of aliphatic hydroxyl groups excluding tert-OH is 5. The number of ether oxygens (including phenoxy) is 1. The fraction of sp³-hybridized carbons (Fsp3) is 0.634. The molecule has 1 aromatic heterocycles. The van der Waals surface area contributed by atoms with Crippen molar-refractivity contribution in [1.29, 1.82) is 0 Å². The lowest BCUT2D eigenvalue weighted by atomic mass is 9.43. The molecule has 7 aliphatic carbocycles. The van der Waals surface area contributed by atoms with Crippen LogP contribution >= 0.6 is 21.6 Å². The van der Waals surface area contributed by atoms with Crippen LogP contribution in [0.2, 0.25) is 0 Å². The van der Waals surface area contributed by atoms with Gasteiger partial charge in [-0.05, 0) is 165 Å². The SMILES string of the molecule is CC1CCC2=CCC3C(CO)CC(O)C(C)(O)C4C(CC#CC(C5COC(=O)C5c5cc[nH]c5)CC3C2C1)CC1(O)C2=C3NC(CO)C(=O)CC(c5ccc(O)cc5)CSSCC5C(O)C(O)CC(C)(C2CCC41CCNC(N)=NCc1ccccc1)C5C3=O. The average molecular weight is 1270 g/mol. The third kappa shape index (κ3) is 11.8. The van der Waals surface area contributed by atoms with Gasteiger partial charge in [0, 0.05) is 90.8 Å². The predicted octanol–water partition coefficient (Wildman–Crippen LogP) is 7.05. The third-order valence-electron chi connectivity index (χ3n) is 24.0. The van der Waals surface area contributed by atoms with Gasteiger partial charge in [-0.1, -0.05) is 95.5 Å². The summed E-state index contributed by atoms with van der Waals surface area (Å²) in [5, 5.41) is 107. The number of phenols is 1. The minimum atomic E-state index is -2.02. The maximum absolute atomic E-state index is 16.4. The second-order valence-electron chi connectivity index (χ2n) is 28.9. The summed E-state index contributed by atoms with van der Waals surface area (Å²) in [5.41, 5.74) is 4.53. The molecular weight excluding hydrogens is 1180 g/mol. The van der Waals surface area contributed by atoms with Crippen molar-refractivity contribution in [2.75, 3.05) is 37.9 Å². The lowest BCUT2D eigenvalue weighted by Crippen LogP contribution is -2.67. The van der Waals surface area contributed by atoms with Crippen molar-refractivity contribution in [3.8, 4) is 17.6 Å². The van der Waals surface area contributed by atoms with E-state index in [2.05, 4.69) is 45.5 Å². The topological polar surface area (TPSA) is 301 Å². The molecule has 0 radical (unpaired) electrons. The van der Waals surface area contributed by atoms with Crippen molar-refractivity contribution in [1.82, 2.24) is 15.6 Å². The molecule has 3 heterocycles. The Morgan fingerprint density at radius 3 is 2.42 bits per heavy atom. The Morgan fingerprint density at radius 1 is 0.900 bits per heavy atom. The summed E-state index contributed by atoms with van der Waals surface area (Å²) in [6.45, 7) is 5.59. The van der Waals surface area contributed by atoms with Gasteiger partial charge in [-0.3, -0.25) is 14.4 Å². The fourth-order valence-corrected chi connectivity index (χ4v) is 22.5. The summed E-state index contributed by atoms with van der Waals surface area (Å²) in [6, 6.07) is 17.0. The van der Waals surface area contributed by atoms with Gasteiger partial charge in [0.05, 0.1) is 60.9 Å². The van der Waals surface area contributed by atoms with E-state index in [1.165, 1.54) is 27.2 Å². The number of aromatic hydroxyl groups is 1. The normalized spacial score (nSPS) is 41.5. The van der Waals surface area contributed by atoms with E-state index in [1.54, 1.807) is 31.2 Å². The molecule has 486 valence electrons. The number of allylic oxidation sites excluding steroid dienone is 3. The molecule has 6 fully saturated rings. The molecule has 90 heavy (non-hydrogen) atoms. The van der Waals surface area contributed by atoms with Gasteiger partial charge in [0.25, 0.3) is 0 Å². The highest BCUT2D eigenvalue weighted by atomic mass is 33.1. The number of aromatic nitrogens is 1. The number of nitrogens with one attached hydrogen (secondary N) is 3. The first-order valence-electron chi connectivity index (χ1n) is 33.1. The molecule has 9 aliphatic rings. The van der Waals surface area contributed by atoms with Crippen molar-refractivity contribution < 1.29 is 60.0 Å². The highest BCUT2D eigenvalue weighted by Gasteiger charge is 2.75. The van der Waals surface area contributed by atoms with E-state index >= 15 is 9.90 Å². The van der Waals surface area contributed by atoms with Crippen LogP contribution in [0.1, 0.15) is 133 Å². The van der Waals surface area contributed by atoms with Crippen LogP contribution in [0.3, 0.4) is 0 Å². The summed E-state index contributed by atoms with van der Waals surface area (Å²) in [4.78, 5) is 53.2. The second-order valence-corrected chi connectivity index (χ2v) is 31.5. The summed E-state index contributed by atoms with van der Waals surface area (Å²) in [6.07, 6.45) is 7.21. The van der Waals surface area contributed by atoms with Crippen LogP contribution in [0.4, 0.5) is 0 Å². The van der Waals surface area contributed by atoms with E-state index in [9.17, 15) is 45.3 Å². The monoisotopic (exact) mass is 1270 g/mol. The number of Topliss-reactive ketones (excluding diaryl/α,β-unsaturated/α-hetero) is 2. The largest absolute Gasteiger partial charge is 0.508 e. The molecular formula is C71H93N5O12S2. The second kappa shape index (κ2) is 26.3. The van der Waals surface area contributed by atoms with Crippen molar-refractivity contribution in [2.24, 2.45) is 92.6 Å². The number of phenolic OH excluding ortho intramolecular Hbond substituents is 1. The zero-order chi connectivity index (χ0) is 63.4. The number of fused-ring (bicyclic) bond motifs is 10. The molecule has 2 aliphatic heterocycles. The number of aromatic amines is 1. The summed E-state index contributed by atoms with van der Waals surface area (Å²) in [7, 11) is 2.97. The maximum atomic E-state index is 16.4. The first kappa shape index (κ1) is 64.9. The van der Waals surface area contributed by atoms with Crippen LogP contribution in [0.5, 0.6) is 5.75 Å². The molecule has 19 heteroatoms. The summed E-state index contributed by atoms with van der Waals surface area (Å²) < 4.78 is 5.98. The quantitative estimate of drug-likeness (QED) is 0.0242. The van der Waals surface area contributed by atoms with Gasteiger partial charge in [-0.2, -0.15) is 0 Å². The van der Waals surface area contributed by atoms with Crippen LogP contribution < -0.4 is 16.4 Å². The Morgan fingerprint density at radius 2 is 1.68 bits per heavy atom. The number of carbonyl (C=O) groups is 3. The number of nitrogens with zero attached hydrogens (tertiary/aromatic N) is 1. The van der Waals surface area contributed by atoms with E-state index in [0.29, 0.717) is 43.1 Å². The number of aliphatic imine (C=N–C) groups is 1. The molecule has 3 aromatic rings. The number of ketones is 2. The van der Waals surface area contributed by atoms with E-state index in [1.807, 2.05) is 55.7 Å².